The number of benzene rings is 1. The van der Waals surface area contributed by atoms with Gasteiger partial charge in [-0.2, -0.15) is 0 Å². The molecule has 0 aromatic heterocycles. The predicted molar refractivity (Wildman–Crippen MR) is 81.6 cm³/mol. The van der Waals surface area contributed by atoms with Crippen molar-refractivity contribution in [1.29, 1.82) is 0 Å². The second-order valence-corrected chi connectivity index (χ2v) is 8.29. The zero-order chi connectivity index (χ0) is 13.9. The van der Waals surface area contributed by atoms with Crippen molar-refractivity contribution >= 4 is 15.9 Å². The maximum atomic E-state index is 13.4. The van der Waals surface area contributed by atoms with Crippen LogP contribution in [-0.2, 0) is 0 Å². The van der Waals surface area contributed by atoms with Crippen LogP contribution in [0.2, 0.25) is 0 Å². The Morgan fingerprint density at radius 3 is 2.15 bits per heavy atom. The van der Waals surface area contributed by atoms with Crippen molar-refractivity contribution in [2.24, 2.45) is 28.9 Å². The highest BCUT2D eigenvalue weighted by Crippen LogP contribution is 2.63. The van der Waals surface area contributed by atoms with E-state index in [1.165, 1.54) is 38.5 Å². The third-order valence-corrected chi connectivity index (χ3v) is 6.66. The van der Waals surface area contributed by atoms with Gasteiger partial charge in [-0.15, -0.1) is 0 Å². The molecule has 4 aliphatic rings. The Hall–Kier alpha value is -0.410. The smallest absolute Gasteiger partial charge is 0.137 e. The molecule has 4 saturated carbocycles. The molecule has 4 aliphatic carbocycles. The molecule has 0 saturated heterocycles. The zero-order valence-corrected chi connectivity index (χ0v) is 13.2. The molecule has 20 heavy (non-hydrogen) atoms. The molecular formula is C17H21BrFN. The predicted octanol–water partition coefficient (Wildman–Crippen LogP) is 4.80. The summed E-state index contributed by atoms with van der Waals surface area (Å²) in [6.07, 6.45) is 8.15. The second-order valence-electron chi connectivity index (χ2n) is 7.43. The average Bonchev–Trinajstić information content (AvgIpc) is 2.39. The third kappa shape index (κ3) is 1.97. The van der Waals surface area contributed by atoms with Crippen molar-refractivity contribution in [1.82, 2.24) is 0 Å². The van der Waals surface area contributed by atoms with Crippen LogP contribution in [0.4, 0.5) is 4.39 Å². The third-order valence-electron chi connectivity index (χ3n) is 6.05. The molecule has 0 amide bonds. The van der Waals surface area contributed by atoms with Crippen LogP contribution in [-0.4, -0.2) is 0 Å². The molecule has 1 atom stereocenters. The van der Waals surface area contributed by atoms with Crippen LogP contribution in [0.5, 0.6) is 0 Å². The summed E-state index contributed by atoms with van der Waals surface area (Å²) in [6.45, 7) is 0. The van der Waals surface area contributed by atoms with Crippen molar-refractivity contribution in [3.05, 3.63) is 34.1 Å². The summed E-state index contributed by atoms with van der Waals surface area (Å²) in [6, 6.07) is 5.37. The molecule has 3 heteroatoms. The van der Waals surface area contributed by atoms with Crippen molar-refractivity contribution in [2.75, 3.05) is 0 Å². The first-order valence-corrected chi connectivity index (χ1v) is 8.55. The fourth-order valence-electron chi connectivity index (χ4n) is 5.62. The molecule has 5 rings (SSSR count). The summed E-state index contributed by atoms with van der Waals surface area (Å²) in [5, 5.41) is 0. The van der Waals surface area contributed by atoms with Gasteiger partial charge in [-0.3, -0.25) is 0 Å². The van der Waals surface area contributed by atoms with Crippen molar-refractivity contribution in [3.8, 4) is 0 Å². The monoisotopic (exact) mass is 337 g/mol. The Bertz CT molecular complexity index is 507. The topological polar surface area (TPSA) is 26.0 Å². The lowest BCUT2D eigenvalue weighted by Crippen LogP contribution is -2.50. The van der Waals surface area contributed by atoms with Gasteiger partial charge in [-0.05, 0) is 95.3 Å². The van der Waals surface area contributed by atoms with Crippen molar-refractivity contribution < 1.29 is 4.39 Å². The molecule has 1 aromatic rings. The molecule has 0 radical (unpaired) electrons. The summed E-state index contributed by atoms with van der Waals surface area (Å²) in [5.41, 5.74) is 8.05. The summed E-state index contributed by atoms with van der Waals surface area (Å²) in [5.74, 6) is 2.50. The Kier molecular flexibility index (Phi) is 3.01. The fourth-order valence-corrected chi connectivity index (χ4v) is 6.01. The summed E-state index contributed by atoms with van der Waals surface area (Å²) < 4.78 is 14.0. The van der Waals surface area contributed by atoms with E-state index in [1.54, 1.807) is 6.07 Å². The largest absolute Gasteiger partial charge is 0.323 e. The first-order valence-electron chi connectivity index (χ1n) is 7.76. The van der Waals surface area contributed by atoms with Gasteiger partial charge in [-0.25, -0.2) is 4.39 Å². The molecule has 0 aliphatic heterocycles. The van der Waals surface area contributed by atoms with Gasteiger partial charge >= 0.3 is 0 Å². The Morgan fingerprint density at radius 2 is 1.65 bits per heavy atom. The van der Waals surface area contributed by atoms with Crippen molar-refractivity contribution in [2.45, 2.75) is 44.6 Å². The molecule has 4 fully saturated rings. The molecule has 108 valence electrons. The van der Waals surface area contributed by atoms with Gasteiger partial charge in [0, 0.05) is 6.04 Å². The number of nitrogens with two attached hydrogens (primary N) is 1. The lowest BCUT2D eigenvalue weighted by molar-refractivity contribution is -0.0678. The Morgan fingerprint density at radius 1 is 1.10 bits per heavy atom. The lowest BCUT2D eigenvalue weighted by atomic mass is 9.47. The normalized spacial score (nSPS) is 40.0. The lowest BCUT2D eigenvalue weighted by Gasteiger charge is -2.59. The van der Waals surface area contributed by atoms with E-state index >= 15 is 0 Å². The Balaban J connectivity index is 1.67. The molecule has 2 N–H and O–H groups in total. The number of halogens is 2. The van der Waals surface area contributed by atoms with Crippen LogP contribution < -0.4 is 5.73 Å². The van der Waals surface area contributed by atoms with E-state index in [1.807, 2.05) is 12.1 Å². The number of rotatable bonds is 2. The molecule has 0 heterocycles. The SMILES string of the molecule is NC(c1ccc(F)c(Br)c1)C12CC3CC(CC(C3)C1)C2. The molecular weight excluding hydrogens is 317 g/mol. The summed E-state index contributed by atoms with van der Waals surface area (Å²) in [7, 11) is 0. The quantitative estimate of drug-likeness (QED) is 0.823. The van der Waals surface area contributed by atoms with Gasteiger partial charge in [0.25, 0.3) is 0 Å². The highest BCUT2D eigenvalue weighted by Gasteiger charge is 2.53. The summed E-state index contributed by atoms with van der Waals surface area (Å²) >= 11 is 3.29. The van der Waals surface area contributed by atoms with Gasteiger partial charge in [0.2, 0.25) is 0 Å². The van der Waals surface area contributed by atoms with Gasteiger partial charge in [-0.1, -0.05) is 6.07 Å². The zero-order valence-electron chi connectivity index (χ0n) is 11.6. The molecule has 4 bridgehead atoms. The van der Waals surface area contributed by atoms with E-state index in [4.69, 9.17) is 5.73 Å². The number of hydrogen-bond acceptors (Lipinski definition) is 1. The van der Waals surface area contributed by atoms with E-state index in [-0.39, 0.29) is 17.3 Å². The van der Waals surface area contributed by atoms with Gasteiger partial charge in [0.05, 0.1) is 4.47 Å². The van der Waals surface area contributed by atoms with Crippen LogP contribution in [0.3, 0.4) is 0 Å². The summed E-state index contributed by atoms with van der Waals surface area (Å²) in [4.78, 5) is 0. The maximum absolute atomic E-state index is 13.4. The second kappa shape index (κ2) is 4.54. The highest BCUT2D eigenvalue weighted by molar-refractivity contribution is 9.10. The minimum Gasteiger partial charge on any atom is -0.323 e. The van der Waals surface area contributed by atoms with Crippen LogP contribution in [0.1, 0.15) is 50.1 Å². The van der Waals surface area contributed by atoms with Crippen LogP contribution in [0.15, 0.2) is 22.7 Å². The molecule has 1 unspecified atom stereocenters. The van der Waals surface area contributed by atoms with Gasteiger partial charge < -0.3 is 5.73 Å². The maximum Gasteiger partial charge on any atom is 0.137 e. The van der Waals surface area contributed by atoms with E-state index in [9.17, 15) is 4.39 Å². The minimum absolute atomic E-state index is 0.0628. The first kappa shape index (κ1) is 13.3. The molecule has 1 nitrogen and oxygen atoms in total. The van der Waals surface area contributed by atoms with E-state index in [0.717, 1.165) is 23.3 Å². The van der Waals surface area contributed by atoms with Crippen LogP contribution in [0, 0.1) is 29.0 Å². The van der Waals surface area contributed by atoms with Gasteiger partial charge in [0.1, 0.15) is 5.82 Å². The Labute approximate surface area is 128 Å². The van der Waals surface area contributed by atoms with E-state index in [2.05, 4.69) is 15.9 Å². The van der Waals surface area contributed by atoms with Gasteiger partial charge in [0.15, 0.2) is 0 Å². The molecule has 0 spiro atoms. The molecule has 1 aromatic carbocycles. The first-order chi connectivity index (χ1) is 9.56. The minimum atomic E-state index is -0.202. The van der Waals surface area contributed by atoms with E-state index < -0.39 is 0 Å². The van der Waals surface area contributed by atoms with E-state index in [0.29, 0.717) is 4.47 Å². The highest BCUT2D eigenvalue weighted by atomic mass is 79.9. The standard InChI is InChI=1S/C17H21BrFN/c18-14-6-13(1-2-15(14)19)16(20)17-7-10-3-11(8-17)5-12(4-10)9-17/h1-2,6,10-12,16H,3-5,7-9,20H2. The van der Waals surface area contributed by atoms with Crippen LogP contribution >= 0.6 is 15.9 Å². The van der Waals surface area contributed by atoms with Crippen LogP contribution in [0.25, 0.3) is 0 Å². The number of hydrogen-bond donors (Lipinski definition) is 1. The average molecular weight is 338 g/mol. The fraction of sp³-hybridized carbons (Fsp3) is 0.647. The van der Waals surface area contributed by atoms with Crippen molar-refractivity contribution in [3.63, 3.8) is 0 Å².